The zero-order valence-electron chi connectivity index (χ0n) is 20.8. The highest BCUT2D eigenvalue weighted by atomic mass is 33.1. The van der Waals surface area contributed by atoms with Crippen LogP contribution in [0.3, 0.4) is 0 Å². The summed E-state index contributed by atoms with van der Waals surface area (Å²) in [7, 11) is 3.19. The number of aliphatic hydroxyl groups excluding tert-OH is 2. The van der Waals surface area contributed by atoms with Crippen LogP contribution in [0.4, 0.5) is 11.6 Å². The Morgan fingerprint density at radius 2 is 1.19 bits per heavy atom. The highest BCUT2D eigenvalue weighted by Crippen LogP contribution is 2.43. The van der Waals surface area contributed by atoms with Crippen LogP contribution in [0.25, 0.3) is 0 Å². The molecule has 190 valence electrons. The molecule has 0 amide bonds. The molecule has 0 saturated heterocycles. The Bertz CT molecular complexity index is 1150. The Hall–Kier alpha value is -2.80. The van der Waals surface area contributed by atoms with Gasteiger partial charge in [-0.3, -0.25) is 0 Å². The number of allylic oxidation sites excluding steroid dienone is 2. The van der Waals surface area contributed by atoms with Crippen LogP contribution in [0.2, 0.25) is 0 Å². The number of hydrogen-bond donors (Lipinski definition) is 2. The number of aromatic nitrogens is 4. The van der Waals surface area contributed by atoms with E-state index in [1.54, 1.807) is 34.3 Å². The molecule has 2 aliphatic rings. The SMILES string of the molecule is C/C(=C(/CCO)SS/C(CCO)=C(\C)N1C=Nc2nc(C)ncc2C1)N1C=Nc2nc(C)ncc2C1. The topological polar surface area (TPSA) is 123 Å². The van der Waals surface area contributed by atoms with Crippen LogP contribution in [0.5, 0.6) is 0 Å². The number of nitrogens with zero attached hydrogens (tertiary/aromatic N) is 8. The van der Waals surface area contributed by atoms with Gasteiger partial charge in [0.2, 0.25) is 0 Å². The lowest BCUT2D eigenvalue weighted by Crippen LogP contribution is -2.24. The molecule has 0 fully saturated rings. The van der Waals surface area contributed by atoms with Crippen molar-refractivity contribution in [1.29, 1.82) is 0 Å². The summed E-state index contributed by atoms with van der Waals surface area (Å²) in [6, 6.07) is 0. The van der Waals surface area contributed by atoms with E-state index < -0.39 is 0 Å². The largest absolute Gasteiger partial charge is 0.396 e. The van der Waals surface area contributed by atoms with Gasteiger partial charge in [0.1, 0.15) is 11.6 Å². The fourth-order valence-corrected chi connectivity index (χ4v) is 6.56. The average molecular weight is 527 g/mol. The summed E-state index contributed by atoms with van der Waals surface area (Å²) < 4.78 is 0. The normalized spacial score (nSPS) is 15.9. The molecule has 0 atom stereocenters. The number of aryl methyl sites for hydroxylation is 2. The van der Waals surface area contributed by atoms with Gasteiger partial charge in [-0.25, -0.2) is 29.9 Å². The maximum absolute atomic E-state index is 9.75. The molecule has 2 aromatic rings. The van der Waals surface area contributed by atoms with Crippen LogP contribution in [0, 0.1) is 13.8 Å². The third kappa shape index (κ3) is 6.12. The molecule has 10 nitrogen and oxygen atoms in total. The van der Waals surface area contributed by atoms with Gasteiger partial charge >= 0.3 is 0 Å². The van der Waals surface area contributed by atoms with Gasteiger partial charge in [-0.05, 0) is 27.7 Å². The van der Waals surface area contributed by atoms with Gasteiger partial charge in [-0.2, -0.15) is 0 Å². The Morgan fingerprint density at radius 1 is 0.778 bits per heavy atom. The number of aliphatic hydroxyl groups is 2. The van der Waals surface area contributed by atoms with Crippen LogP contribution in [-0.4, -0.2) is 65.8 Å². The monoisotopic (exact) mass is 526 g/mol. The average Bonchev–Trinajstić information content (AvgIpc) is 2.88. The molecule has 0 unspecified atom stereocenters. The minimum absolute atomic E-state index is 0.0388. The standard InChI is InChI=1S/C24H30N8O2S2/c1-15(31-11-19-9-25-17(3)29-23(19)27-13-31)21(5-7-33)35-36-22(6-8-34)16(2)32-12-20-10-26-18(4)30-24(20)28-14-32/h9-10,13-14,33-34H,5-8,11-12H2,1-4H3/b21-15+,22-16+. The first-order valence-electron chi connectivity index (χ1n) is 11.6. The van der Waals surface area contributed by atoms with E-state index >= 15 is 0 Å². The first-order valence-corrected chi connectivity index (χ1v) is 13.8. The third-order valence-corrected chi connectivity index (χ3v) is 8.78. The van der Waals surface area contributed by atoms with E-state index in [0.717, 1.165) is 32.3 Å². The first kappa shape index (κ1) is 26.3. The van der Waals surface area contributed by atoms with Gasteiger partial charge < -0.3 is 20.0 Å². The molecule has 4 rings (SSSR count). The van der Waals surface area contributed by atoms with Gasteiger partial charge in [-0.15, -0.1) is 0 Å². The molecule has 0 aliphatic carbocycles. The van der Waals surface area contributed by atoms with Gasteiger partial charge in [0.05, 0.1) is 25.8 Å². The van der Waals surface area contributed by atoms with E-state index in [1.165, 1.54) is 0 Å². The predicted molar refractivity (Wildman–Crippen MR) is 145 cm³/mol. The first-order chi connectivity index (χ1) is 17.4. The number of aliphatic imine (C=N–C) groups is 2. The third-order valence-electron chi connectivity index (χ3n) is 5.83. The van der Waals surface area contributed by atoms with Crippen molar-refractivity contribution in [3.05, 3.63) is 56.4 Å². The molecular weight excluding hydrogens is 496 g/mol. The Balaban J connectivity index is 1.52. The fraction of sp³-hybridized carbons (Fsp3) is 0.417. The predicted octanol–water partition coefficient (Wildman–Crippen LogP) is 4.14. The molecule has 0 bridgehead atoms. The van der Waals surface area contributed by atoms with Crippen LogP contribution in [0.1, 0.15) is 49.5 Å². The van der Waals surface area contributed by atoms with Crippen LogP contribution in [0.15, 0.2) is 43.6 Å². The van der Waals surface area contributed by atoms with E-state index in [4.69, 9.17) is 0 Å². The number of hydrogen-bond acceptors (Lipinski definition) is 12. The molecule has 2 N–H and O–H groups in total. The van der Waals surface area contributed by atoms with Crippen molar-refractivity contribution < 1.29 is 10.2 Å². The summed E-state index contributed by atoms with van der Waals surface area (Å²) in [5.74, 6) is 2.80. The van der Waals surface area contributed by atoms with E-state index in [-0.39, 0.29) is 13.2 Å². The summed E-state index contributed by atoms with van der Waals surface area (Å²) in [4.78, 5) is 32.6. The molecular formula is C24H30N8O2S2. The second-order valence-electron chi connectivity index (χ2n) is 8.41. The van der Waals surface area contributed by atoms with Crippen molar-refractivity contribution in [2.45, 2.75) is 53.6 Å². The summed E-state index contributed by atoms with van der Waals surface area (Å²) >= 11 is 0. The lowest BCUT2D eigenvalue weighted by atomic mass is 10.2. The summed E-state index contributed by atoms with van der Waals surface area (Å²) in [5, 5.41) is 19.5. The van der Waals surface area contributed by atoms with Crippen LogP contribution in [-0.2, 0) is 13.1 Å². The number of fused-ring (bicyclic) bond motifs is 2. The fourth-order valence-electron chi connectivity index (χ4n) is 3.71. The van der Waals surface area contributed by atoms with Crippen molar-refractivity contribution in [1.82, 2.24) is 29.7 Å². The summed E-state index contributed by atoms with van der Waals surface area (Å²) in [6.07, 6.45) is 8.25. The van der Waals surface area contributed by atoms with Crippen molar-refractivity contribution in [2.75, 3.05) is 13.2 Å². The Labute approximate surface area is 218 Å². The molecule has 0 radical (unpaired) electrons. The van der Waals surface area contributed by atoms with Crippen molar-refractivity contribution >= 4 is 45.9 Å². The second kappa shape index (κ2) is 12.0. The number of rotatable bonds is 9. The second-order valence-corrected chi connectivity index (χ2v) is 10.7. The minimum atomic E-state index is 0.0388. The molecule has 12 heteroatoms. The molecule has 0 aromatic carbocycles. The van der Waals surface area contributed by atoms with Gasteiger partial charge in [0.15, 0.2) is 11.6 Å². The Kier molecular flexibility index (Phi) is 8.72. The molecule has 2 aliphatic heterocycles. The van der Waals surface area contributed by atoms with Gasteiger partial charge in [-0.1, -0.05) is 21.6 Å². The quantitative estimate of drug-likeness (QED) is 0.461. The van der Waals surface area contributed by atoms with E-state index in [9.17, 15) is 10.2 Å². The highest BCUT2D eigenvalue weighted by Gasteiger charge is 2.20. The van der Waals surface area contributed by atoms with Crippen molar-refractivity contribution in [2.24, 2.45) is 9.98 Å². The van der Waals surface area contributed by atoms with Crippen LogP contribution < -0.4 is 0 Å². The smallest absolute Gasteiger partial charge is 0.162 e. The molecule has 2 aromatic heterocycles. The highest BCUT2D eigenvalue weighted by molar-refractivity contribution is 8.79. The van der Waals surface area contributed by atoms with Gasteiger partial charge in [0.25, 0.3) is 0 Å². The molecule has 36 heavy (non-hydrogen) atoms. The lowest BCUT2D eigenvalue weighted by molar-refractivity contribution is 0.300. The maximum Gasteiger partial charge on any atom is 0.162 e. The van der Waals surface area contributed by atoms with Crippen molar-refractivity contribution in [3.8, 4) is 0 Å². The van der Waals surface area contributed by atoms with Gasteiger partial charge in [0, 0.05) is 70.8 Å². The van der Waals surface area contributed by atoms with Crippen LogP contribution >= 0.6 is 21.6 Å². The van der Waals surface area contributed by atoms with Crippen molar-refractivity contribution in [3.63, 3.8) is 0 Å². The zero-order valence-corrected chi connectivity index (χ0v) is 22.5. The summed E-state index contributed by atoms with van der Waals surface area (Å²) in [5.41, 5.74) is 3.95. The summed E-state index contributed by atoms with van der Waals surface area (Å²) in [6.45, 7) is 9.08. The van der Waals surface area contributed by atoms with E-state index in [2.05, 4.69) is 39.7 Å². The maximum atomic E-state index is 9.75. The van der Waals surface area contributed by atoms with E-state index in [1.807, 2.05) is 40.1 Å². The lowest BCUT2D eigenvalue weighted by Gasteiger charge is -2.27. The molecule has 4 heterocycles. The van der Waals surface area contributed by atoms with E-state index in [0.29, 0.717) is 49.2 Å². The minimum Gasteiger partial charge on any atom is -0.396 e. The molecule has 0 saturated carbocycles. The molecule has 0 spiro atoms. The Morgan fingerprint density at radius 3 is 1.58 bits per heavy atom. The zero-order chi connectivity index (χ0) is 25.7.